The zero-order valence-corrected chi connectivity index (χ0v) is 17.4. The number of rotatable bonds is 5. The molecule has 0 bridgehead atoms. The van der Waals surface area contributed by atoms with Gasteiger partial charge in [-0.1, -0.05) is 29.8 Å². The monoisotopic (exact) mass is 427 g/mol. The molecule has 4 rings (SSSR count). The van der Waals surface area contributed by atoms with Crippen LogP contribution in [-0.2, 0) is 11.5 Å². The van der Waals surface area contributed by atoms with Crippen molar-refractivity contribution in [1.82, 2.24) is 19.2 Å². The van der Waals surface area contributed by atoms with E-state index in [9.17, 15) is 4.79 Å². The molecular formula is C21H22ClN5OS. The molecule has 0 unspecified atom stereocenters. The number of hydrogen-bond donors (Lipinski definition) is 1. The Morgan fingerprint density at radius 3 is 2.38 bits per heavy atom. The van der Waals surface area contributed by atoms with E-state index in [1.807, 2.05) is 63.8 Å². The molecule has 2 aromatic carbocycles. The van der Waals surface area contributed by atoms with E-state index in [1.54, 1.807) is 0 Å². The third kappa shape index (κ3) is 4.27. The number of piperidine rings is 1. The van der Waals surface area contributed by atoms with Crippen LogP contribution < -0.4 is 5.73 Å². The summed E-state index contributed by atoms with van der Waals surface area (Å²) in [5.74, 6) is 0.523. The van der Waals surface area contributed by atoms with E-state index < -0.39 is 0 Å². The van der Waals surface area contributed by atoms with Crippen molar-refractivity contribution < 1.29 is 4.79 Å². The second-order valence-corrected chi connectivity index (χ2v) is 8.02. The summed E-state index contributed by atoms with van der Waals surface area (Å²) in [5.41, 5.74) is 7.35. The molecule has 1 saturated heterocycles. The normalized spacial score (nSPS) is 15.5. The van der Waals surface area contributed by atoms with E-state index >= 15 is 0 Å². The average Bonchev–Trinajstić information content (AvgIpc) is 3.05. The number of aromatic nitrogens is 3. The number of halogens is 1. The highest BCUT2D eigenvalue weighted by Gasteiger charge is 2.24. The number of carbonyl (C=O) groups is 1. The maximum Gasteiger partial charge on any atom is 0.220 e. The van der Waals surface area contributed by atoms with E-state index in [0.717, 1.165) is 43.0 Å². The van der Waals surface area contributed by atoms with Gasteiger partial charge in [0.25, 0.3) is 0 Å². The summed E-state index contributed by atoms with van der Waals surface area (Å²) in [6.45, 7) is 2.17. The molecule has 150 valence electrons. The highest BCUT2D eigenvalue weighted by molar-refractivity contribution is 7.71. The highest BCUT2D eigenvalue weighted by Crippen LogP contribution is 2.25. The first-order valence-corrected chi connectivity index (χ1v) is 10.3. The van der Waals surface area contributed by atoms with Crippen molar-refractivity contribution in [2.75, 3.05) is 13.1 Å². The number of likely N-dealkylation sites (tertiary alicyclic amines) is 1. The zero-order valence-electron chi connectivity index (χ0n) is 15.9. The van der Waals surface area contributed by atoms with Gasteiger partial charge in [0.1, 0.15) is 0 Å². The number of primary amides is 1. The highest BCUT2D eigenvalue weighted by atomic mass is 35.5. The van der Waals surface area contributed by atoms with Gasteiger partial charge in [-0.15, -0.1) is 5.10 Å². The van der Waals surface area contributed by atoms with Crippen molar-refractivity contribution >= 4 is 29.7 Å². The maximum absolute atomic E-state index is 11.4. The standard InChI is InChI=1S/C21H22ClN5OS/c22-17-8-6-16(7-9-17)20-24-26(14-25-12-10-15(11-13-25)19(23)28)21(29)27(20)18-4-2-1-3-5-18/h1-9,15H,10-14H2,(H2,23,28). The fourth-order valence-electron chi connectivity index (χ4n) is 3.64. The Labute approximate surface area is 179 Å². The van der Waals surface area contributed by atoms with Gasteiger partial charge in [0.2, 0.25) is 10.7 Å². The van der Waals surface area contributed by atoms with Gasteiger partial charge in [-0.3, -0.25) is 14.3 Å². The lowest BCUT2D eigenvalue weighted by Gasteiger charge is -2.29. The molecule has 0 spiro atoms. The van der Waals surface area contributed by atoms with Crippen molar-refractivity contribution in [2.24, 2.45) is 11.7 Å². The minimum atomic E-state index is -0.209. The lowest BCUT2D eigenvalue weighted by molar-refractivity contribution is -0.123. The van der Waals surface area contributed by atoms with Gasteiger partial charge in [0.15, 0.2) is 5.82 Å². The molecule has 1 aliphatic rings. The number of nitrogens with two attached hydrogens (primary N) is 1. The van der Waals surface area contributed by atoms with Gasteiger partial charge in [-0.05, 0) is 61.5 Å². The summed E-state index contributed by atoms with van der Waals surface area (Å²) < 4.78 is 4.45. The van der Waals surface area contributed by atoms with Crippen LogP contribution in [0.2, 0.25) is 5.02 Å². The SMILES string of the molecule is NC(=O)C1CCN(Cn2nc(-c3ccc(Cl)cc3)n(-c3ccccc3)c2=S)CC1. The summed E-state index contributed by atoms with van der Waals surface area (Å²) >= 11 is 11.9. The molecule has 29 heavy (non-hydrogen) atoms. The van der Waals surface area contributed by atoms with Crippen LogP contribution in [0.15, 0.2) is 54.6 Å². The van der Waals surface area contributed by atoms with E-state index in [2.05, 4.69) is 4.90 Å². The van der Waals surface area contributed by atoms with Crippen LogP contribution in [0.4, 0.5) is 0 Å². The number of benzene rings is 2. The van der Waals surface area contributed by atoms with Gasteiger partial charge in [-0.2, -0.15) is 0 Å². The van der Waals surface area contributed by atoms with Gasteiger partial charge in [0, 0.05) is 35.3 Å². The van der Waals surface area contributed by atoms with Crippen molar-refractivity contribution in [2.45, 2.75) is 19.5 Å². The van der Waals surface area contributed by atoms with E-state index in [-0.39, 0.29) is 11.8 Å². The lowest BCUT2D eigenvalue weighted by atomic mass is 9.97. The Morgan fingerprint density at radius 1 is 1.10 bits per heavy atom. The number of amides is 1. The molecule has 2 heterocycles. The molecular weight excluding hydrogens is 406 g/mol. The molecule has 2 N–H and O–H groups in total. The third-order valence-electron chi connectivity index (χ3n) is 5.28. The predicted octanol–water partition coefficient (Wildman–Crippen LogP) is 3.88. The van der Waals surface area contributed by atoms with Crippen LogP contribution in [-0.4, -0.2) is 38.2 Å². The molecule has 1 fully saturated rings. The van der Waals surface area contributed by atoms with Gasteiger partial charge < -0.3 is 5.73 Å². The van der Waals surface area contributed by atoms with E-state index in [1.165, 1.54) is 0 Å². The summed E-state index contributed by atoms with van der Waals surface area (Å²) in [5, 5.41) is 5.51. The van der Waals surface area contributed by atoms with E-state index in [0.29, 0.717) is 16.5 Å². The second-order valence-electron chi connectivity index (χ2n) is 7.22. The van der Waals surface area contributed by atoms with Crippen LogP contribution in [0.1, 0.15) is 12.8 Å². The Morgan fingerprint density at radius 2 is 1.76 bits per heavy atom. The first-order chi connectivity index (χ1) is 14.0. The molecule has 0 radical (unpaired) electrons. The van der Waals surface area contributed by atoms with Gasteiger partial charge in [-0.25, -0.2) is 4.68 Å². The smallest absolute Gasteiger partial charge is 0.220 e. The average molecular weight is 428 g/mol. The minimum Gasteiger partial charge on any atom is -0.369 e. The number of nitrogens with zero attached hydrogens (tertiary/aromatic N) is 4. The van der Waals surface area contributed by atoms with Gasteiger partial charge >= 0.3 is 0 Å². The summed E-state index contributed by atoms with van der Waals surface area (Å²) in [6.07, 6.45) is 1.54. The van der Waals surface area contributed by atoms with Crippen LogP contribution >= 0.6 is 23.8 Å². The molecule has 6 nitrogen and oxygen atoms in total. The summed E-state index contributed by atoms with van der Waals surface area (Å²) in [6, 6.07) is 17.6. The van der Waals surface area contributed by atoms with Crippen LogP contribution in [0.5, 0.6) is 0 Å². The molecule has 1 amide bonds. The van der Waals surface area contributed by atoms with Crippen molar-refractivity contribution in [1.29, 1.82) is 0 Å². The topological polar surface area (TPSA) is 69.1 Å². The Hall–Kier alpha value is -2.48. The van der Waals surface area contributed by atoms with Crippen LogP contribution in [0.3, 0.4) is 0 Å². The maximum atomic E-state index is 11.4. The molecule has 0 saturated carbocycles. The van der Waals surface area contributed by atoms with Crippen molar-refractivity contribution in [3.63, 3.8) is 0 Å². The molecule has 1 aliphatic heterocycles. The molecule has 1 aromatic heterocycles. The predicted molar refractivity (Wildman–Crippen MR) is 116 cm³/mol. The molecule has 0 aliphatic carbocycles. The second kappa shape index (κ2) is 8.49. The Bertz CT molecular complexity index is 1050. The van der Waals surface area contributed by atoms with Crippen LogP contribution in [0, 0.1) is 10.7 Å². The van der Waals surface area contributed by atoms with E-state index in [4.69, 9.17) is 34.7 Å². The number of para-hydroxylation sites is 1. The van der Waals surface area contributed by atoms with Crippen LogP contribution in [0.25, 0.3) is 17.1 Å². The summed E-state index contributed by atoms with van der Waals surface area (Å²) in [4.78, 5) is 13.7. The third-order valence-corrected chi connectivity index (χ3v) is 5.93. The Kier molecular flexibility index (Phi) is 5.80. The van der Waals surface area contributed by atoms with Crippen molar-refractivity contribution in [3.8, 4) is 17.1 Å². The molecule has 0 atom stereocenters. The molecule has 3 aromatic rings. The molecule has 8 heteroatoms. The Balaban J connectivity index is 1.68. The van der Waals surface area contributed by atoms with Gasteiger partial charge in [0.05, 0.1) is 6.67 Å². The first-order valence-electron chi connectivity index (χ1n) is 9.56. The fraction of sp³-hybridized carbons (Fsp3) is 0.286. The first kappa shape index (κ1) is 19.8. The quantitative estimate of drug-likeness (QED) is 0.627. The fourth-order valence-corrected chi connectivity index (χ4v) is 4.06. The number of carbonyl (C=O) groups excluding carboxylic acids is 1. The lowest BCUT2D eigenvalue weighted by Crippen LogP contribution is -2.39. The van der Waals surface area contributed by atoms with Crippen molar-refractivity contribution in [3.05, 3.63) is 64.4 Å². The largest absolute Gasteiger partial charge is 0.369 e. The number of hydrogen-bond acceptors (Lipinski definition) is 4. The summed E-state index contributed by atoms with van der Waals surface area (Å²) in [7, 11) is 0. The minimum absolute atomic E-state index is 0.0364. The zero-order chi connectivity index (χ0) is 20.4.